The van der Waals surface area contributed by atoms with E-state index in [9.17, 15) is 9.59 Å². The number of azide groups is 1. The van der Waals surface area contributed by atoms with Crippen molar-refractivity contribution in [3.05, 3.63) is 10.4 Å². The summed E-state index contributed by atoms with van der Waals surface area (Å²) in [6.07, 6.45) is -0.841. The normalized spacial score (nSPS) is 25.4. The van der Waals surface area contributed by atoms with Gasteiger partial charge in [0.05, 0.1) is 18.6 Å². The molecule has 0 unspecified atom stereocenters. The molecule has 0 bridgehead atoms. The Kier molecular flexibility index (Phi) is 9.56. The van der Waals surface area contributed by atoms with E-state index in [4.69, 9.17) is 23.9 Å². The first-order valence-electron chi connectivity index (χ1n) is 10.7. The van der Waals surface area contributed by atoms with Crippen LogP contribution in [-0.2, 0) is 27.9 Å². The molecule has 0 N–H and O–H groups in total. The number of hydrogen-bond donors (Lipinski definition) is 0. The van der Waals surface area contributed by atoms with Crippen LogP contribution in [0.3, 0.4) is 0 Å². The summed E-state index contributed by atoms with van der Waals surface area (Å²) in [7, 11) is -4.43. The second kappa shape index (κ2) is 10.8. The standard InChI is InChI=1S/C19H37N3O6Si2/c1-9-25-17(23)19(28-29(6,7)8)15(13-26-30(10-2,11-3)12-4)16(27-18(19)24)14(5)21-22-20/h14-16H,9-13H2,1-8H3/t14-,15-,16+,19-/m0/s1. The lowest BCUT2D eigenvalue weighted by atomic mass is 9.84. The van der Waals surface area contributed by atoms with Crippen molar-refractivity contribution < 1.29 is 27.9 Å². The van der Waals surface area contributed by atoms with Crippen LogP contribution in [-0.4, -0.2) is 59.5 Å². The summed E-state index contributed by atoms with van der Waals surface area (Å²) >= 11 is 0. The van der Waals surface area contributed by atoms with Gasteiger partial charge >= 0.3 is 11.9 Å². The predicted octanol–water partition coefficient (Wildman–Crippen LogP) is 4.40. The molecule has 1 saturated heterocycles. The molecule has 1 heterocycles. The van der Waals surface area contributed by atoms with Crippen molar-refractivity contribution in [2.75, 3.05) is 13.2 Å². The molecule has 0 saturated carbocycles. The lowest BCUT2D eigenvalue weighted by Crippen LogP contribution is -2.59. The minimum Gasteiger partial charge on any atom is -0.463 e. The third kappa shape index (κ3) is 5.64. The molecule has 1 fully saturated rings. The highest BCUT2D eigenvalue weighted by atomic mass is 28.4. The van der Waals surface area contributed by atoms with Gasteiger partial charge in [0, 0.05) is 11.5 Å². The summed E-state index contributed by atoms with van der Waals surface area (Å²) in [5.74, 6) is -2.33. The van der Waals surface area contributed by atoms with E-state index in [0.29, 0.717) is 0 Å². The smallest absolute Gasteiger partial charge is 0.350 e. The van der Waals surface area contributed by atoms with Crippen LogP contribution in [0.5, 0.6) is 0 Å². The second-order valence-corrected chi connectivity index (χ2v) is 17.9. The summed E-state index contributed by atoms with van der Waals surface area (Å²) < 4.78 is 23.6. The number of nitrogens with zero attached hydrogens (tertiary/aromatic N) is 3. The molecule has 0 spiro atoms. The number of carbonyl (C=O) groups is 2. The van der Waals surface area contributed by atoms with Crippen molar-refractivity contribution in [3.8, 4) is 0 Å². The highest BCUT2D eigenvalue weighted by molar-refractivity contribution is 6.73. The van der Waals surface area contributed by atoms with Crippen LogP contribution in [0.1, 0.15) is 34.6 Å². The highest BCUT2D eigenvalue weighted by Crippen LogP contribution is 2.42. The van der Waals surface area contributed by atoms with E-state index < -0.39 is 52.2 Å². The highest BCUT2D eigenvalue weighted by Gasteiger charge is 2.67. The fraction of sp³-hybridized carbons (Fsp3) is 0.895. The zero-order chi connectivity index (χ0) is 23.2. The van der Waals surface area contributed by atoms with E-state index in [-0.39, 0.29) is 13.2 Å². The quantitative estimate of drug-likeness (QED) is 0.106. The van der Waals surface area contributed by atoms with Gasteiger partial charge in [-0.15, -0.1) is 0 Å². The van der Waals surface area contributed by atoms with Crippen LogP contribution in [0.15, 0.2) is 5.11 Å². The van der Waals surface area contributed by atoms with Crippen LogP contribution >= 0.6 is 0 Å². The maximum Gasteiger partial charge on any atom is 0.350 e. The van der Waals surface area contributed by atoms with Gasteiger partial charge in [-0.1, -0.05) is 32.8 Å². The molecule has 0 radical (unpaired) electrons. The topological polar surface area (TPSA) is 120 Å². The number of cyclic esters (lactones) is 1. The zero-order valence-electron chi connectivity index (χ0n) is 19.6. The van der Waals surface area contributed by atoms with Crippen molar-refractivity contribution in [1.29, 1.82) is 0 Å². The van der Waals surface area contributed by atoms with Gasteiger partial charge in [0.1, 0.15) is 6.10 Å². The van der Waals surface area contributed by atoms with Crippen molar-refractivity contribution in [2.45, 2.75) is 90.1 Å². The van der Waals surface area contributed by atoms with Crippen LogP contribution in [0.2, 0.25) is 37.8 Å². The lowest BCUT2D eigenvalue weighted by Gasteiger charge is -2.38. The molecular weight excluding hydrogens is 422 g/mol. The van der Waals surface area contributed by atoms with Gasteiger partial charge in [-0.2, -0.15) is 0 Å². The van der Waals surface area contributed by atoms with Crippen molar-refractivity contribution in [1.82, 2.24) is 0 Å². The number of ether oxygens (including phenoxy) is 2. The van der Waals surface area contributed by atoms with Crippen LogP contribution < -0.4 is 0 Å². The Morgan fingerprint density at radius 2 is 1.80 bits per heavy atom. The minimum absolute atomic E-state index is 0.102. The molecule has 0 aliphatic carbocycles. The van der Waals surface area contributed by atoms with Crippen molar-refractivity contribution in [2.24, 2.45) is 11.0 Å². The molecule has 9 nitrogen and oxygen atoms in total. The molecule has 1 rings (SSSR count). The fourth-order valence-corrected chi connectivity index (χ4v) is 7.84. The monoisotopic (exact) mass is 459 g/mol. The molecule has 30 heavy (non-hydrogen) atoms. The number of carbonyl (C=O) groups excluding carboxylic acids is 2. The van der Waals surface area contributed by atoms with Crippen molar-refractivity contribution >= 4 is 28.6 Å². The summed E-state index contributed by atoms with van der Waals surface area (Å²) in [5, 5.41) is 3.73. The lowest BCUT2D eigenvalue weighted by molar-refractivity contribution is -0.175. The number of hydrogen-bond acceptors (Lipinski definition) is 7. The predicted molar refractivity (Wildman–Crippen MR) is 119 cm³/mol. The second-order valence-electron chi connectivity index (χ2n) is 8.65. The summed E-state index contributed by atoms with van der Waals surface area (Å²) in [6, 6.07) is 2.06. The summed E-state index contributed by atoms with van der Waals surface area (Å²) in [4.78, 5) is 29.2. The van der Waals surface area contributed by atoms with Crippen LogP contribution in [0.4, 0.5) is 0 Å². The average Bonchev–Trinajstić information content (AvgIpc) is 2.95. The molecule has 0 aromatic rings. The van der Waals surface area contributed by atoms with Gasteiger partial charge in [0.15, 0.2) is 16.6 Å². The summed E-state index contributed by atoms with van der Waals surface area (Å²) in [6.45, 7) is 15.5. The third-order valence-electron chi connectivity index (χ3n) is 5.72. The fourth-order valence-electron chi connectivity index (χ4n) is 3.91. The SMILES string of the molecule is CCOC(=O)[C@]1(O[Si](C)(C)C)C(=O)O[C@H]([C@H](C)N=[N+]=[N-])[C@@H]1CO[Si](CC)(CC)CC. The van der Waals surface area contributed by atoms with E-state index in [2.05, 4.69) is 30.8 Å². The molecule has 1 aliphatic heterocycles. The Balaban J connectivity index is 3.52. The Morgan fingerprint density at radius 3 is 2.23 bits per heavy atom. The Labute approximate surface area is 181 Å². The van der Waals surface area contributed by atoms with E-state index in [1.54, 1.807) is 13.8 Å². The van der Waals surface area contributed by atoms with Gasteiger partial charge < -0.3 is 18.3 Å². The van der Waals surface area contributed by atoms with Gasteiger partial charge in [0.2, 0.25) is 0 Å². The van der Waals surface area contributed by atoms with Crippen molar-refractivity contribution in [3.63, 3.8) is 0 Å². The molecule has 1 aliphatic rings. The Morgan fingerprint density at radius 1 is 1.23 bits per heavy atom. The Bertz CT molecular complexity index is 653. The van der Waals surface area contributed by atoms with E-state index in [1.165, 1.54) is 0 Å². The number of rotatable bonds is 12. The molecule has 4 atom stereocenters. The van der Waals surface area contributed by atoms with E-state index >= 15 is 0 Å². The summed E-state index contributed by atoms with van der Waals surface area (Å²) in [5.41, 5.74) is 6.99. The maximum atomic E-state index is 13.2. The van der Waals surface area contributed by atoms with Gasteiger partial charge in [-0.25, -0.2) is 9.59 Å². The molecular formula is C19H37N3O6Si2. The average molecular weight is 460 g/mol. The first kappa shape index (κ1) is 26.6. The molecule has 0 aromatic carbocycles. The Hall–Kier alpha value is -1.40. The molecule has 0 amide bonds. The van der Waals surface area contributed by atoms with Crippen LogP contribution in [0.25, 0.3) is 10.4 Å². The van der Waals surface area contributed by atoms with Gasteiger partial charge in [-0.3, -0.25) is 0 Å². The first-order chi connectivity index (χ1) is 14.0. The first-order valence-corrected chi connectivity index (χ1v) is 16.7. The number of esters is 2. The molecule has 172 valence electrons. The zero-order valence-corrected chi connectivity index (χ0v) is 21.6. The molecule has 0 aromatic heterocycles. The third-order valence-corrected chi connectivity index (χ3v) is 11.3. The van der Waals surface area contributed by atoms with Gasteiger partial charge in [-0.05, 0) is 50.2 Å². The van der Waals surface area contributed by atoms with Crippen LogP contribution in [0, 0.1) is 5.92 Å². The minimum atomic E-state index is -2.40. The van der Waals surface area contributed by atoms with E-state index in [1.807, 2.05) is 19.6 Å². The van der Waals surface area contributed by atoms with E-state index in [0.717, 1.165) is 18.1 Å². The molecule has 11 heteroatoms. The van der Waals surface area contributed by atoms with Gasteiger partial charge in [0.25, 0.3) is 5.60 Å². The largest absolute Gasteiger partial charge is 0.463 e. The maximum absolute atomic E-state index is 13.2.